The molecule has 2 aromatic rings. The van der Waals surface area contributed by atoms with Gasteiger partial charge in [0.05, 0.1) is 0 Å². The monoisotopic (exact) mass is 313 g/mol. The van der Waals surface area contributed by atoms with Gasteiger partial charge in [-0.3, -0.25) is 9.59 Å². The number of carboxylic acid groups (broad SMARTS) is 1. The Morgan fingerprint density at radius 1 is 0.957 bits per heavy atom. The van der Waals surface area contributed by atoms with Crippen LogP contribution in [0.1, 0.15) is 24.8 Å². The van der Waals surface area contributed by atoms with E-state index in [4.69, 9.17) is 9.84 Å². The Bertz CT molecular complexity index is 638. The highest BCUT2D eigenvalue weighted by molar-refractivity contribution is 5.90. The van der Waals surface area contributed by atoms with Gasteiger partial charge in [-0.05, 0) is 36.2 Å². The summed E-state index contributed by atoms with van der Waals surface area (Å²) < 4.78 is 5.67. The van der Waals surface area contributed by atoms with Crippen molar-refractivity contribution in [1.82, 2.24) is 0 Å². The van der Waals surface area contributed by atoms with Crippen molar-refractivity contribution in [2.75, 3.05) is 5.32 Å². The lowest BCUT2D eigenvalue weighted by Gasteiger charge is -2.08. The summed E-state index contributed by atoms with van der Waals surface area (Å²) in [6, 6.07) is 17.0. The summed E-state index contributed by atoms with van der Waals surface area (Å²) in [6.45, 7) is 0.488. The fraction of sp³-hybridized carbons (Fsp3) is 0.222. The number of benzene rings is 2. The summed E-state index contributed by atoms with van der Waals surface area (Å²) in [6.07, 6.45) is 0.525. The van der Waals surface area contributed by atoms with Gasteiger partial charge in [-0.25, -0.2) is 0 Å². The van der Waals surface area contributed by atoms with Crippen LogP contribution in [0.3, 0.4) is 0 Å². The van der Waals surface area contributed by atoms with Crippen molar-refractivity contribution < 1.29 is 19.4 Å². The molecule has 2 aromatic carbocycles. The third-order valence-corrected chi connectivity index (χ3v) is 3.18. The number of aliphatic carboxylic acids is 1. The zero-order valence-corrected chi connectivity index (χ0v) is 12.7. The molecule has 0 bridgehead atoms. The Morgan fingerprint density at radius 3 is 2.30 bits per heavy atom. The maximum Gasteiger partial charge on any atom is 0.303 e. The number of amides is 1. The molecule has 0 aliphatic carbocycles. The van der Waals surface area contributed by atoms with Gasteiger partial charge >= 0.3 is 5.97 Å². The number of hydrogen-bond donors (Lipinski definition) is 2. The maximum absolute atomic E-state index is 11.7. The molecular weight excluding hydrogens is 294 g/mol. The normalized spacial score (nSPS) is 10.1. The topological polar surface area (TPSA) is 75.6 Å². The minimum Gasteiger partial charge on any atom is -0.489 e. The highest BCUT2D eigenvalue weighted by Gasteiger charge is 2.05. The van der Waals surface area contributed by atoms with Gasteiger partial charge in [0.15, 0.2) is 0 Å². The summed E-state index contributed by atoms with van der Waals surface area (Å²) in [5, 5.41) is 11.3. The Labute approximate surface area is 134 Å². The first kappa shape index (κ1) is 16.5. The number of carbonyl (C=O) groups excluding carboxylic acids is 1. The maximum atomic E-state index is 11.7. The Balaban J connectivity index is 1.77. The molecule has 23 heavy (non-hydrogen) atoms. The van der Waals surface area contributed by atoms with Crippen LogP contribution in [0, 0.1) is 0 Å². The van der Waals surface area contributed by atoms with Crippen LogP contribution in [0.4, 0.5) is 5.69 Å². The van der Waals surface area contributed by atoms with Gasteiger partial charge < -0.3 is 15.2 Å². The number of hydrogen-bond acceptors (Lipinski definition) is 3. The molecule has 0 unspecified atom stereocenters. The van der Waals surface area contributed by atoms with Gasteiger partial charge in [-0.15, -0.1) is 0 Å². The lowest BCUT2D eigenvalue weighted by atomic mass is 10.2. The summed E-state index contributed by atoms with van der Waals surface area (Å²) in [4.78, 5) is 22.0. The largest absolute Gasteiger partial charge is 0.489 e. The third-order valence-electron chi connectivity index (χ3n) is 3.18. The van der Waals surface area contributed by atoms with Crippen molar-refractivity contribution >= 4 is 17.6 Å². The number of ether oxygens (including phenoxy) is 1. The fourth-order valence-corrected chi connectivity index (χ4v) is 2.00. The average molecular weight is 313 g/mol. The highest BCUT2D eigenvalue weighted by Crippen LogP contribution is 2.17. The van der Waals surface area contributed by atoms with Crippen molar-refractivity contribution in [3.05, 3.63) is 60.2 Å². The van der Waals surface area contributed by atoms with Crippen molar-refractivity contribution in [3.8, 4) is 5.75 Å². The van der Waals surface area contributed by atoms with Crippen molar-refractivity contribution in [2.24, 2.45) is 0 Å². The lowest BCUT2D eigenvalue weighted by Crippen LogP contribution is -2.11. The molecule has 0 heterocycles. The first-order valence-corrected chi connectivity index (χ1v) is 7.42. The molecule has 0 aliphatic rings. The molecule has 0 saturated carbocycles. The van der Waals surface area contributed by atoms with E-state index in [0.717, 1.165) is 11.3 Å². The molecule has 0 spiro atoms. The van der Waals surface area contributed by atoms with Gasteiger partial charge in [-0.1, -0.05) is 30.3 Å². The van der Waals surface area contributed by atoms with Crippen molar-refractivity contribution in [1.29, 1.82) is 0 Å². The predicted octanol–water partition coefficient (Wildman–Crippen LogP) is 3.46. The Kier molecular flexibility index (Phi) is 6.17. The third kappa shape index (κ3) is 6.22. The zero-order valence-electron chi connectivity index (χ0n) is 12.7. The van der Waals surface area contributed by atoms with Gasteiger partial charge in [-0.2, -0.15) is 0 Å². The molecule has 1 amide bonds. The predicted molar refractivity (Wildman–Crippen MR) is 87.3 cm³/mol. The number of nitrogens with one attached hydrogen (secondary N) is 1. The van der Waals surface area contributed by atoms with Crippen LogP contribution in [-0.2, 0) is 16.2 Å². The first-order valence-electron chi connectivity index (χ1n) is 7.42. The number of carbonyl (C=O) groups is 2. The van der Waals surface area contributed by atoms with Crippen LogP contribution < -0.4 is 10.1 Å². The van der Waals surface area contributed by atoms with Gasteiger partial charge in [0.1, 0.15) is 12.4 Å². The summed E-state index contributed by atoms with van der Waals surface area (Å²) in [7, 11) is 0. The van der Waals surface area contributed by atoms with E-state index in [-0.39, 0.29) is 18.7 Å². The molecule has 5 nitrogen and oxygen atoms in total. The Morgan fingerprint density at radius 2 is 1.65 bits per heavy atom. The van der Waals surface area contributed by atoms with Crippen molar-refractivity contribution in [2.45, 2.75) is 25.9 Å². The molecule has 0 aliphatic heterocycles. The standard InChI is InChI=1S/C18H19NO4/c20-17(7-4-8-18(21)22)19-15-9-11-16(12-10-15)23-13-14-5-2-1-3-6-14/h1-3,5-6,9-12H,4,7-8,13H2,(H,19,20)(H,21,22). The second-order valence-electron chi connectivity index (χ2n) is 5.09. The van der Waals surface area contributed by atoms with Crippen molar-refractivity contribution in [3.63, 3.8) is 0 Å². The highest BCUT2D eigenvalue weighted by atomic mass is 16.5. The van der Waals surface area contributed by atoms with Gasteiger partial charge in [0.25, 0.3) is 0 Å². The molecule has 0 aromatic heterocycles. The van der Waals surface area contributed by atoms with E-state index in [1.54, 1.807) is 24.3 Å². The molecule has 0 atom stereocenters. The molecule has 2 N–H and O–H groups in total. The van der Waals surface area contributed by atoms with Gasteiger partial charge in [0, 0.05) is 18.5 Å². The SMILES string of the molecule is O=C(O)CCCC(=O)Nc1ccc(OCc2ccccc2)cc1. The van der Waals surface area contributed by atoms with Crippen LogP contribution in [0.2, 0.25) is 0 Å². The fourth-order valence-electron chi connectivity index (χ4n) is 2.00. The summed E-state index contributed by atoms with van der Waals surface area (Å²) in [5.41, 5.74) is 1.75. The van der Waals surface area contributed by atoms with E-state index in [2.05, 4.69) is 5.32 Å². The smallest absolute Gasteiger partial charge is 0.303 e. The number of rotatable bonds is 8. The molecule has 0 saturated heterocycles. The van der Waals surface area contributed by atoms with E-state index in [9.17, 15) is 9.59 Å². The molecule has 0 radical (unpaired) electrons. The van der Waals surface area contributed by atoms with E-state index >= 15 is 0 Å². The lowest BCUT2D eigenvalue weighted by molar-refractivity contribution is -0.137. The van der Waals surface area contributed by atoms with Crippen LogP contribution in [0.5, 0.6) is 5.75 Å². The second kappa shape index (κ2) is 8.58. The van der Waals surface area contributed by atoms with E-state index in [0.29, 0.717) is 18.7 Å². The van der Waals surface area contributed by atoms with Crippen LogP contribution in [0.15, 0.2) is 54.6 Å². The van der Waals surface area contributed by atoms with E-state index < -0.39 is 5.97 Å². The van der Waals surface area contributed by atoms with Gasteiger partial charge in [0.2, 0.25) is 5.91 Å². The van der Waals surface area contributed by atoms with E-state index in [1.807, 2.05) is 30.3 Å². The molecular formula is C18H19NO4. The Hall–Kier alpha value is -2.82. The quantitative estimate of drug-likeness (QED) is 0.782. The number of carboxylic acids is 1. The second-order valence-corrected chi connectivity index (χ2v) is 5.09. The van der Waals surface area contributed by atoms with Crippen LogP contribution in [-0.4, -0.2) is 17.0 Å². The number of anilines is 1. The molecule has 0 fully saturated rings. The minimum atomic E-state index is -0.891. The molecule has 5 heteroatoms. The first-order chi connectivity index (χ1) is 11.1. The van der Waals surface area contributed by atoms with Crippen LogP contribution in [0.25, 0.3) is 0 Å². The molecule has 120 valence electrons. The van der Waals surface area contributed by atoms with Crippen LogP contribution >= 0.6 is 0 Å². The molecule has 2 rings (SSSR count). The zero-order chi connectivity index (χ0) is 16.5. The summed E-state index contributed by atoms with van der Waals surface area (Å²) >= 11 is 0. The average Bonchev–Trinajstić information content (AvgIpc) is 2.55. The van der Waals surface area contributed by atoms with E-state index in [1.165, 1.54) is 0 Å². The minimum absolute atomic E-state index is 0.000314. The summed E-state index contributed by atoms with van der Waals surface area (Å²) in [5.74, 6) is -0.361.